The van der Waals surface area contributed by atoms with Crippen molar-refractivity contribution in [3.63, 3.8) is 0 Å². The van der Waals surface area contributed by atoms with Crippen molar-refractivity contribution in [3.8, 4) is 0 Å². The number of halogens is 1. The Labute approximate surface area is 172 Å². The van der Waals surface area contributed by atoms with E-state index >= 15 is 0 Å². The molecule has 0 bridgehead atoms. The number of carbonyl (C=O) groups excluding carboxylic acids is 1. The summed E-state index contributed by atoms with van der Waals surface area (Å²) in [6.07, 6.45) is 5.46. The summed E-state index contributed by atoms with van der Waals surface area (Å²) in [7, 11) is -2.03. The highest BCUT2D eigenvalue weighted by molar-refractivity contribution is 7.89. The highest BCUT2D eigenvalue weighted by Gasteiger charge is 2.29. The molecule has 1 amide bonds. The first-order chi connectivity index (χ1) is 13.9. The van der Waals surface area contributed by atoms with Crippen molar-refractivity contribution < 1.29 is 17.6 Å². The van der Waals surface area contributed by atoms with Gasteiger partial charge in [0.25, 0.3) is 5.91 Å². The van der Waals surface area contributed by atoms with Crippen molar-refractivity contribution in [1.82, 2.24) is 9.62 Å². The van der Waals surface area contributed by atoms with E-state index in [2.05, 4.69) is 5.32 Å². The molecule has 3 rings (SSSR count). The van der Waals surface area contributed by atoms with Crippen LogP contribution < -0.4 is 5.32 Å². The Kier molecular flexibility index (Phi) is 7.03. The third-order valence-electron chi connectivity index (χ3n) is 5.45. The van der Waals surface area contributed by atoms with Gasteiger partial charge in [0.2, 0.25) is 10.0 Å². The summed E-state index contributed by atoms with van der Waals surface area (Å²) in [5, 5.41) is 2.77. The van der Waals surface area contributed by atoms with Gasteiger partial charge in [0.05, 0.1) is 4.90 Å². The monoisotopic (exact) mass is 418 g/mol. The lowest BCUT2D eigenvalue weighted by atomic mass is 9.96. The molecule has 0 aromatic heterocycles. The third-order valence-corrected chi connectivity index (χ3v) is 7.36. The molecule has 156 valence electrons. The molecule has 0 atom stereocenters. The molecule has 0 aliphatic heterocycles. The topological polar surface area (TPSA) is 66.5 Å². The first kappa shape index (κ1) is 21.5. The van der Waals surface area contributed by atoms with E-state index < -0.39 is 10.0 Å². The van der Waals surface area contributed by atoms with Gasteiger partial charge in [-0.25, -0.2) is 12.8 Å². The molecule has 0 saturated heterocycles. The van der Waals surface area contributed by atoms with Gasteiger partial charge < -0.3 is 5.32 Å². The van der Waals surface area contributed by atoms with Crippen molar-refractivity contribution in [2.24, 2.45) is 0 Å². The fourth-order valence-corrected chi connectivity index (χ4v) is 5.18. The Morgan fingerprint density at radius 2 is 1.83 bits per heavy atom. The number of hydrogen-bond donors (Lipinski definition) is 1. The number of rotatable bonds is 7. The highest BCUT2D eigenvalue weighted by atomic mass is 32.2. The van der Waals surface area contributed by atoms with Crippen molar-refractivity contribution in [2.45, 2.75) is 49.5 Å². The molecular weight excluding hydrogens is 391 g/mol. The predicted molar refractivity (Wildman–Crippen MR) is 111 cm³/mol. The summed E-state index contributed by atoms with van der Waals surface area (Å²) in [6.45, 7) is 0.335. The van der Waals surface area contributed by atoms with E-state index in [1.807, 2.05) is 0 Å². The summed E-state index contributed by atoms with van der Waals surface area (Å²) in [5.74, 6) is -0.660. The van der Waals surface area contributed by atoms with Crippen LogP contribution in [0.2, 0.25) is 0 Å². The number of sulfonamides is 1. The molecule has 0 unspecified atom stereocenters. The van der Waals surface area contributed by atoms with Crippen LogP contribution in [0.4, 0.5) is 4.39 Å². The van der Waals surface area contributed by atoms with Gasteiger partial charge in [0.1, 0.15) is 5.82 Å². The molecule has 2 aromatic rings. The van der Waals surface area contributed by atoms with Crippen LogP contribution in [0.25, 0.3) is 0 Å². The zero-order chi connectivity index (χ0) is 20.9. The minimum absolute atomic E-state index is 0.0116. The first-order valence-corrected chi connectivity index (χ1v) is 11.4. The largest absolute Gasteiger partial charge is 0.352 e. The Bertz CT molecular complexity index is 956. The Balaban J connectivity index is 1.65. The van der Waals surface area contributed by atoms with Gasteiger partial charge >= 0.3 is 0 Å². The second kappa shape index (κ2) is 9.50. The fourth-order valence-electron chi connectivity index (χ4n) is 3.72. The lowest BCUT2D eigenvalue weighted by molar-refractivity contribution is 0.0954. The maximum atomic E-state index is 13.2. The number of benzene rings is 2. The molecule has 1 aliphatic rings. The molecule has 0 heterocycles. The minimum Gasteiger partial charge on any atom is -0.352 e. The number of amides is 1. The van der Waals surface area contributed by atoms with Gasteiger partial charge in [-0.1, -0.05) is 37.5 Å². The van der Waals surface area contributed by atoms with Crippen molar-refractivity contribution in [3.05, 3.63) is 65.5 Å². The van der Waals surface area contributed by atoms with Gasteiger partial charge in [-0.2, -0.15) is 4.31 Å². The summed E-state index contributed by atoms with van der Waals surface area (Å²) in [5.41, 5.74) is 1.08. The van der Waals surface area contributed by atoms with E-state index in [0.29, 0.717) is 18.5 Å². The molecule has 0 radical (unpaired) electrons. The van der Waals surface area contributed by atoms with E-state index in [4.69, 9.17) is 0 Å². The predicted octanol–water partition coefficient (Wildman–Crippen LogP) is 3.75. The molecule has 2 aromatic carbocycles. The van der Waals surface area contributed by atoms with E-state index in [9.17, 15) is 17.6 Å². The molecule has 0 spiro atoms. The second-order valence-corrected chi connectivity index (χ2v) is 9.47. The van der Waals surface area contributed by atoms with Gasteiger partial charge in [-0.15, -0.1) is 0 Å². The Hall–Kier alpha value is -2.25. The first-order valence-electron chi connectivity index (χ1n) is 9.98. The van der Waals surface area contributed by atoms with Crippen LogP contribution in [0.1, 0.15) is 48.0 Å². The zero-order valence-corrected chi connectivity index (χ0v) is 17.4. The fraction of sp³-hybridized carbons (Fsp3) is 0.409. The van der Waals surface area contributed by atoms with Crippen molar-refractivity contribution in [1.29, 1.82) is 0 Å². The molecule has 1 fully saturated rings. The van der Waals surface area contributed by atoms with Gasteiger partial charge in [0, 0.05) is 25.2 Å². The standard InChI is InChI=1S/C22H27FN2O3S/c1-25(20-10-3-2-4-11-20)29(27,28)21-12-6-8-18(16-21)22(26)24-14-13-17-7-5-9-19(23)15-17/h5-9,12,15-16,20H,2-4,10-11,13-14H2,1H3,(H,24,26). The quantitative estimate of drug-likeness (QED) is 0.745. The van der Waals surface area contributed by atoms with Crippen LogP contribution >= 0.6 is 0 Å². The van der Waals surface area contributed by atoms with Gasteiger partial charge in [0.15, 0.2) is 0 Å². The summed E-state index contributed by atoms with van der Waals surface area (Å²) >= 11 is 0. The summed E-state index contributed by atoms with van der Waals surface area (Å²) in [4.78, 5) is 12.6. The smallest absolute Gasteiger partial charge is 0.251 e. The minimum atomic E-state index is -3.65. The lowest BCUT2D eigenvalue weighted by Crippen LogP contribution is -2.38. The molecule has 7 heteroatoms. The molecule has 1 saturated carbocycles. The van der Waals surface area contributed by atoms with Crippen molar-refractivity contribution in [2.75, 3.05) is 13.6 Å². The maximum Gasteiger partial charge on any atom is 0.251 e. The molecule has 1 aliphatic carbocycles. The normalized spacial score (nSPS) is 15.4. The van der Waals surface area contributed by atoms with Crippen LogP contribution in [-0.2, 0) is 16.4 Å². The number of hydrogen-bond acceptors (Lipinski definition) is 3. The zero-order valence-electron chi connectivity index (χ0n) is 16.6. The lowest BCUT2D eigenvalue weighted by Gasteiger charge is -2.30. The Morgan fingerprint density at radius 3 is 2.55 bits per heavy atom. The summed E-state index contributed by atoms with van der Waals surface area (Å²) < 4.78 is 40.7. The van der Waals surface area contributed by atoms with Crippen LogP contribution in [0, 0.1) is 5.82 Å². The highest BCUT2D eigenvalue weighted by Crippen LogP contribution is 2.26. The molecule has 5 nitrogen and oxygen atoms in total. The molecule has 29 heavy (non-hydrogen) atoms. The average molecular weight is 419 g/mol. The summed E-state index contributed by atoms with van der Waals surface area (Å²) in [6, 6.07) is 12.4. The molecular formula is C22H27FN2O3S. The maximum absolute atomic E-state index is 13.2. The Morgan fingerprint density at radius 1 is 1.10 bits per heavy atom. The number of nitrogens with zero attached hydrogens (tertiary/aromatic N) is 1. The number of carbonyl (C=O) groups is 1. The third kappa shape index (κ3) is 5.42. The average Bonchev–Trinajstić information content (AvgIpc) is 2.74. The SMILES string of the molecule is CN(C1CCCCC1)S(=O)(=O)c1cccc(C(=O)NCCc2cccc(F)c2)c1. The van der Waals surface area contributed by atoms with Gasteiger partial charge in [-0.05, 0) is 55.2 Å². The van der Waals surface area contributed by atoms with Gasteiger partial charge in [-0.3, -0.25) is 4.79 Å². The van der Waals surface area contributed by atoms with E-state index in [-0.39, 0.29) is 22.7 Å². The van der Waals surface area contributed by atoms with Crippen LogP contribution in [0.5, 0.6) is 0 Å². The van der Waals surface area contributed by atoms with Crippen LogP contribution in [-0.4, -0.2) is 38.3 Å². The van der Waals surface area contributed by atoms with Crippen LogP contribution in [0.15, 0.2) is 53.4 Å². The van der Waals surface area contributed by atoms with Crippen LogP contribution in [0.3, 0.4) is 0 Å². The van der Waals surface area contributed by atoms with Crippen molar-refractivity contribution >= 4 is 15.9 Å². The second-order valence-electron chi connectivity index (χ2n) is 7.48. The van der Waals surface area contributed by atoms with E-state index in [1.54, 1.807) is 31.3 Å². The number of nitrogens with one attached hydrogen (secondary N) is 1. The van der Waals surface area contributed by atoms with E-state index in [1.165, 1.54) is 28.6 Å². The molecule has 1 N–H and O–H groups in total. The van der Waals surface area contributed by atoms with E-state index in [0.717, 1.165) is 37.7 Å².